The average Bonchev–Trinajstić information content (AvgIpc) is 2.72. The first-order valence-electron chi connectivity index (χ1n) is 6.06. The average molecular weight is 257 g/mol. The standard InChI is InChI=1S/C12H23N3OS/c1-10(2)15-9-12(8-14-15)7-13-6-5-11(3)17(4)16/h8-11,13H,5-7H2,1-4H3. The predicted molar refractivity (Wildman–Crippen MR) is 72.5 cm³/mol. The summed E-state index contributed by atoms with van der Waals surface area (Å²) in [5.74, 6) is 0. The van der Waals surface area contributed by atoms with Crippen molar-refractivity contribution in [2.45, 2.75) is 45.0 Å². The van der Waals surface area contributed by atoms with Crippen molar-refractivity contribution >= 4 is 10.8 Å². The molecule has 0 fully saturated rings. The van der Waals surface area contributed by atoms with Crippen LogP contribution in [0.4, 0.5) is 0 Å². The van der Waals surface area contributed by atoms with E-state index in [2.05, 4.69) is 30.5 Å². The number of aromatic nitrogens is 2. The molecule has 0 saturated carbocycles. The molecule has 0 aromatic carbocycles. The molecule has 4 nitrogen and oxygen atoms in total. The van der Waals surface area contributed by atoms with Crippen molar-refractivity contribution in [1.82, 2.24) is 15.1 Å². The van der Waals surface area contributed by atoms with E-state index in [1.54, 1.807) is 6.26 Å². The van der Waals surface area contributed by atoms with Gasteiger partial charge in [0.15, 0.2) is 0 Å². The minimum atomic E-state index is -0.717. The SMILES string of the molecule is CC(C)n1cc(CNCCC(C)S(C)=O)cn1. The second-order valence-electron chi connectivity index (χ2n) is 4.70. The van der Waals surface area contributed by atoms with Gasteiger partial charge in [-0.05, 0) is 26.8 Å². The van der Waals surface area contributed by atoms with Crippen LogP contribution in [-0.4, -0.2) is 32.0 Å². The maximum absolute atomic E-state index is 11.2. The van der Waals surface area contributed by atoms with Gasteiger partial charge in [0.25, 0.3) is 0 Å². The number of rotatable bonds is 7. The summed E-state index contributed by atoms with van der Waals surface area (Å²) in [5.41, 5.74) is 1.20. The fourth-order valence-corrected chi connectivity index (χ4v) is 1.90. The molecule has 0 saturated heterocycles. The van der Waals surface area contributed by atoms with Gasteiger partial charge in [0.1, 0.15) is 0 Å². The lowest BCUT2D eigenvalue weighted by molar-refractivity contribution is 0.531. The van der Waals surface area contributed by atoms with Crippen LogP contribution >= 0.6 is 0 Å². The quantitative estimate of drug-likeness (QED) is 0.756. The molecule has 0 aliphatic heterocycles. The van der Waals surface area contributed by atoms with Gasteiger partial charge < -0.3 is 5.32 Å². The van der Waals surface area contributed by atoms with Gasteiger partial charge in [-0.3, -0.25) is 8.89 Å². The van der Waals surface area contributed by atoms with Crippen LogP contribution in [0.5, 0.6) is 0 Å². The van der Waals surface area contributed by atoms with E-state index in [9.17, 15) is 4.21 Å². The molecule has 2 unspecified atom stereocenters. The fourth-order valence-electron chi connectivity index (χ4n) is 1.46. The van der Waals surface area contributed by atoms with Gasteiger partial charge in [-0.2, -0.15) is 5.10 Å². The summed E-state index contributed by atoms with van der Waals surface area (Å²) in [6.45, 7) is 7.98. The normalized spacial score (nSPS) is 15.1. The van der Waals surface area contributed by atoms with E-state index in [4.69, 9.17) is 0 Å². The van der Waals surface area contributed by atoms with Crippen molar-refractivity contribution in [3.8, 4) is 0 Å². The molecule has 0 bridgehead atoms. The zero-order chi connectivity index (χ0) is 12.8. The van der Waals surface area contributed by atoms with Crippen molar-refractivity contribution in [2.75, 3.05) is 12.8 Å². The highest BCUT2D eigenvalue weighted by atomic mass is 32.2. The first-order chi connectivity index (χ1) is 8.00. The number of hydrogen-bond acceptors (Lipinski definition) is 3. The molecule has 5 heteroatoms. The maximum Gasteiger partial charge on any atom is 0.0534 e. The van der Waals surface area contributed by atoms with Crippen LogP contribution in [-0.2, 0) is 17.3 Å². The van der Waals surface area contributed by atoms with E-state index < -0.39 is 10.8 Å². The molecule has 2 atom stereocenters. The van der Waals surface area contributed by atoms with E-state index in [1.165, 1.54) is 5.56 Å². The highest BCUT2D eigenvalue weighted by molar-refractivity contribution is 7.84. The van der Waals surface area contributed by atoms with Crippen LogP contribution in [0.1, 0.15) is 38.8 Å². The molecule has 1 N–H and O–H groups in total. The monoisotopic (exact) mass is 257 g/mol. The molecule has 17 heavy (non-hydrogen) atoms. The van der Waals surface area contributed by atoms with E-state index in [-0.39, 0.29) is 5.25 Å². The molecular formula is C12H23N3OS. The number of nitrogens with one attached hydrogen (secondary N) is 1. The Bertz CT molecular complexity index is 362. The summed E-state index contributed by atoms with van der Waals surface area (Å²) in [7, 11) is -0.717. The van der Waals surface area contributed by atoms with Crippen LogP contribution in [0, 0.1) is 0 Å². The Morgan fingerprint density at radius 3 is 2.71 bits per heavy atom. The number of hydrogen-bond donors (Lipinski definition) is 1. The minimum absolute atomic E-state index is 0.265. The predicted octanol–water partition coefficient (Wildman–Crippen LogP) is 1.71. The van der Waals surface area contributed by atoms with Gasteiger partial charge in [0.2, 0.25) is 0 Å². The summed E-state index contributed by atoms with van der Waals surface area (Å²) in [4.78, 5) is 0. The van der Waals surface area contributed by atoms with Crippen LogP contribution in [0.25, 0.3) is 0 Å². The van der Waals surface area contributed by atoms with E-state index in [0.717, 1.165) is 19.5 Å². The van der Waals surface area contributed by atoms with Gasteiger partial charge in [0, 0.05) is 46.7 Å². The van der Waals surface area contributed by atoms with Crippen LogP contribution < -0.4 is 5.32 Å². The Hall–Kier alpha value is -0.680. The van der Waals surface area contributed by atoms with E-state index in [1.807, 2.05) is 17.8 Å². The first-order valence-corrected chi connectivity index (χ1v) is 7.68. The van der Waals surface area contributed by atoms with Crippen LogP contribution in [0.2, 0.25) is 0 Å². The molecule has 0 radical (unpaired) electrons. The van der Waals surface area contributed by atoms with Crippen molar-refractivity contribution in [3.63, 3.8) is 0 Å². The molecule has 1 aromatic heterocycles. The largest absolute Gasteiger partial charge is 0.313 e. The zero-order valence-electron chi connectivity index (χ0n) is 11.1. The Balaban J connectivity index is 2.24. The van der Waals surface area contributed by atoms with E-state index in [0.29, 0.717) is 6.04 Å². The molecule has 0 aliphatic carbocycles. The van der Waals surface area contributed by atoms with Crippen LogP contribution in [0.15, 0.2) is 12.4 Å². The number of nitrogens with zero attached hydrogens (tertiary/aromatic N) is 2. The minimum Gasteiger partial charge on any atom is -0.313 e. The molecule has 98 valence electrons. The summed E-state index contributed by atoms with van der Waals surface area (Å²) in [5, 5.41) is 7.90. The third kappa shape index (κ3) is 5.00. The lowest BCUT2D eigenvalue weighted by Crippen LogP contribution is -2.20. The van der Waals surface area contributed by atoms with Gasteiger partial charge >= 0.3 is 0 Å². The Morgan fingerprint density at radius 2 is 2.18 bits per heavy atom. The lowest BCUT2D eigenvalue weighted by atomic mass is 10.3. The lowest BCUT2D eigenvalue weighted by Gasteiger charge is -2.08. The maximum atomic E-state index is 11.2. The zero-order valence-corrected chi connectivity index (χ0v) is 12.0. The summed E-state index contributed by atoms with van der Waals surface area (Å²) in [6.07, 6.45) is 6.67. The van der Waals surface area contributed by atoms with Gasteiger partial charge in [-0.15, -0.1) is 0 Å². The molecule has 1 heterocycles. The Kier molecular flexibility index (Phi) is 5.85. The molecule has 0 spiro atoms. The third-order valence-electron chi connectivity index (χ3n) is 2.81. The summed E-state index contributed by atoms with van der Waals surface area (Å²) >= 11 is 0. The second kappa shape index (κ2) is 6.91. The van der Waals surface area contributed by atoms with Crippen molar-refractivity contribution in [2.24, 2.45) is 0 Å². The smallest absolute Gasteiger partial charge is 0.0534 e. The van der Waals surface area contributed by atoms with Crippen LogP contribution in [0.3, 0.4) is 0 Å². The van der Waals surface area contributed by atoms with Crippen molar-refractivity contribution in [1.29, 1.82) is 0 Å². The highest BCUT2D eigenvalue weighted by Gasteiger charge is 2.05. The Labute approximate surface area is 106 Å². The van der Waals surface area contributed by atoms with Crippen molar-refractivity contribution < 1.29 is 4.21 Å². The van der Waals surface area contributed by atoms with E-state index >= 15 is 0 Å². The molecule has 0 aliphatic rings. The third-order valence-corrected chi connectivity index (χ3v) is 4.18. The molecule has 0 amide bonds. The molecule has 1 aromatic rings. The fraction of sp³-hybridized carbons (Fsp3) is 0.750. The molecular weight excluding hydrogens is 234 g/mol. The topological polar surface area (TPSA) is 46.9 Å². The van der Waals surface area contributed by atoms with Gasteiger partial charge in [-0.25, -0.2) is 0 Å². The second-order valence-corrected chi connectivity index (χ2v) is 6.50. The van der Waals surface area contributed by atoms with Crippen molar-refractivity contribution in [3.05, 3.63) is 18.0 Å². The molecule has 1 rings (SSSR count). The Morgan fingerprint density at radius 1 is 1.47 bits per heavy atom. The van der Waals surface area contributed by atoms with Gasteiger partial charge in [0.05, 0.1) is 6.20 Å². The summed E-state index contributed by atoms with van der Waals surface area (Å²) < 4.78 is 13.1. The van der Waals surface area contributed by atoms with Gasteiger partial charge in [-0.1, -0.05) is 6.92 Å². The highest BCUT2D eigenvalue weighted by Crippen LogP contribution is 2.05. The summed E-state index contributed by atoms with van der Waals surface area (Å²) in [6, 6.07) is 0.409. The first kappa shape index (κ1) is 14.4.